The fourth-order valence-electron chi connectivity index (χ4n) is 0.922. The second kappa shape index (κ2) is 3.18. The molecular formula is C8H10BrNOS. The number of benzene rings is 1. The standard InChI is InChI=1S/C8H10BrNOS/c1-6-3-4-8(7(9)5-6)12(2,10)11/h3-5,10H,1-2H3. The normalized spacial score (nSPS) is 15.6. The quantitative estimate of drug-likeness (QED) is 0.815. The Kier molecular flexibility index (Phi) is 2.58. The van der Waals surface area contributed by atoms with Gasteiger partial charge in [0.25, 0.3) is 0 Å². The summed E-state index contributed by atoms with van der Waals surface area (Å²) < 4.78 is 19.5. The van der Waals surface area contributed by atoms with E-state index in [1.807, 2.05) is 19.1 Å². The molecule has 0 aliphatic carbocycles. The van der Waals surface area contributed by atoms with Gasteiger partial charge in [-0.05, 0) is 40.5 Å². The van der Waals surface area contributed by atoms with E-state index < -0.39 is 9.73 Å². The second-order valence-corrected chi connectivity index (χ2v) is 5.76. The van der Waals surface area contributed by atoms with Gasteiger partial charge in [0.2, 0.25) is 0 Å². The number of aryl methyl sites for hydroxylation is 1. The van der Waals surface area contributed by atoms with Crippen molar-refractivity contribution in [1.82, 2.24) is 0 Å². The van der Waals surface area contributed by atoms with Crippen LogP contribution in [0.25, 0.3) is 0 Å². The smallest absolute Gasteiger partial charge is 0.0708 e. The summed E-state index contributed by atoms with van der Waals surface area (Å²) >= 11 is 3.28. The van der Waals surface area contributed by atoms with Crippen LogP contribution in [0.1, 0.15) is 5.56 Å². The van der Waals surface area contributed by atoms with Crippen LogP contribution in [0.5, 0.6) is 0 Å². The Hall–Kier alpha value is -0.350. The zero-order valence-electron chi connectivity index (χ0n) is 6.93. The number of hydrogen-bond acceptors (Lipinski definition) is 2. The summed E-state index contributed by atoms with van der Waals surface area (Å²) in [6, 6.07) is 5.46. The Balaban J connectivity index is 3.39. The highest BCUT2D eigenvalue weighted by Crippen LogP contribution is 2.22. The highest BCUT2D eigenvalue weighted by Gasteiger charge is 2.07. The molecule has 12 heavy (non-hydrogen) atoms. The molecule has 1 N–H and O–H groups in total. The van der Waals surface area contributed by atoms with Gasteiger partial charge >= 0.3 is 0 Å². The van der Waals surface area contributed by atoms with Gasteiger partial charge in [0.15, 0.2) is 0 Å². The molecule has 1 aromatic rings. The molecule has 0 saturated heterocycles. The van der Waals surface area contributed by atoms with Crippen LogP contribution < -0.4 is 0 Å². The summed E-state index contributed by atoms with van der Waals surface area (Å²) in [5, 5.41) is 0. The molecule has 0 saturated carbocycles. The van der Waals surface area contributed by atoms with Gasteiger partial charge < -0.3 is 0 Å². The van der Waals surface area contributed by atoms with Crippen molar-refractivity contribution in [3.8, 4) is 0 Å². The van der Waals surface area contributed by atoms with Gasteiger partial charge in [-0.25, -0.2) is 8.99 Å². The monoisotopic (exact) mass is 247 g/mol. The summed E-state index contributed by atoms with van der Waals surface area (Å²) in [5.41, 5.74) is 1.09. The van der Waals surface area contributed by atoms with E-state index in [1.54, 1.807) is 6.07 Å². The molecule has 0 amide bonds. The van der Waals surface area contributed by atoms with E-state index in [1.165, 1.54) is 6.26 Å². The first-order valence-electron chi connectivity index (χ1n) is 3.41. The molecule has 4 heteroatoms. The Morgan fingerprint density at radius 3 is 2.50 bits per heavy atom. The van der Waals surface area contributed by atoms with E-state index in [0.29, 0.717) is 4.90 Å². The molecule has 1 atom stereocenters. The van der Waals surface area contributed by atoms with E-state index in [0.717, 1.165) is 10.0 Å². The van der Waals surface area contributed by atoms with Crippen LogP contribution in [0, 0.1) is 11.7 Å². The lowest BCUT2D eigenvalue weighted by Gasteiger charge is -2.04. The molecule has 0 aliphatic heterocycles. The minimum Gasteiger partial charge on any atom is -0.249 e. The number of hydrogen-bond donors (Lipinski definition) is 1. The van der Waals surface area contributed by atoms with Crippen molar-refractivity contribution in [1.29, 1.82) is 4.78 Å². The van der Waals surface area contributed by atoms with Crippen LogP contribution >= 0.6 is 15.9 Å². The molecule has 0 aliphatic rings. The van der Waals surface area contributed by atoms with Gasteiger partial charge in [0, 0.05) is 10.7 Å². The summed E-state index contributed by atoms with van der Waals surface area (Å²) in [6.07, 6.45) is 1.42. The topological polar surface area (TPSA) is 40.9 Å². The number of rotatable bonds is 1. The highest BCUT2D eigenvalue weighted by molar-refractivity contribution is 9.10. The summed E-state index contributed by atoms with van der Waals surface area (Å²) in [4.78, 5) is 0.563. The second-order valence-electron chi connectivity index (χ2n) is 2.78. The predicted octanol–water partition coefficient (Wildman–Crippen LogP) is 2.79. The first kappa shape index (κ1) is 9.74. The van der Waals surface area contributed by atoms with E-state index in [2.05, 4.69) is 15.9 Å². The third kappa shape index (κ3) is 2.08. The molecule has 0 heterocycles. The van der Waals surface area contributed by atoms with E-state index in [4.69, 9.17) is 4.78 Å². The van der Waals surface area contributed by atoms with Crippen LogP contribution in [0.4, 0.5) is 0 Å². The van der Waals surface area contributed by atoms with Crippen molar-refractivity contribution in [2.45, 2.75) is 11.8 Å². The lowest BCUT2D eigenvalue weighted by atomic mass is 10.2. The average molecular weight is 248 g/mol. The molecule has 2 nitrogen and oxygen atoms in total. The lowest BCUT2D eigenvalue weighted by molar-refractivity contribution is 0.678. The maximum Gasteiger partial charge on any atom is 0.0708 e. The Morgan fingerprint density at radius 1 is 1.50 bits per heavy atom. The summed E-state index contributed by atoms with van der Waals surface area (Å²) in [5.74, 6) is 0. The largest absolute Gasteiger partial charge is 0.249 e. The molecular weight excluding hydrogens is 238 g/mol. The fourth-order valence-corrected chi connectivity index (χ4v) is 3.10. The molecule has 66 valence electrons. The van der Waals surface area contributed by atoms with Crippen LogP contribution in [0.15, 0.2) is 27.6 Å². The van der Waals surface area contributed by atoms with Gasteiger partial charge in [0.05, 0.1) is 14.6 Å². The third-order valence-electron chi connectivity index (χ3n) is 1.51. The minimum atomic E-state index is -2.60. The molecule has 1 unspecified atom stereocenters. The van der Waals surface area contributed by atoms with Crippen LogP contribution in [-0.2, 0) is 9.73 Å². The predicted molar refractivity (Wildman–Crippen MR) is 53.9 cm³/mol. The van der Waals surface area contributed by atoms with Gasteiger partial charge in [0.1, 0.15) is 0 Å². The van der Waals surface area contributed by atoms with Crippen LogP contribution in [-0.4, -0.2) is 10.5 Å². The van der Waals surface area contributed by atoms with Gasteiger partial charge in [-0.3, -0.25) is 0 Å². The third-order valence-corrected chi connectivity index (χ3v) is 3.62. The summed E-state index contributed by atoms with van der Waals surface area (Å²) in [7, 11) is -2.60. The maximum absolute atomic E-state index is 11.4. The van der Waals surface area contributed by atoms with E-state index in [-0.39, 0.29) is 0 Å². The fraction of sp³-hybridized carbons (Fsp3) is 0.250. The first-order valence-corrected chi connectivity index (χ1v) is 6.17. The van der Waals surface area contributed by atoms with Crippen molar-refractivity contribution >= 4 is 25.7 Å². The molecule has 0 fully saturated rings. The number of halogens is 1. The van der Waals surface area contributed by atoms with Gasteiger partial charge in [-0.15, -0.1) is 0 Å². The zero-order chi connectivity index (χ0) is 9.35. The first-order chi connectivity index (χ1) is 5.41. The SMILES string of the molecule is Cc1ccc(S(C)(=N)=O)c(Br)c1. The van der Waals surface area contributed by atoms with Crippen molar-refractivity contribution in [2.24, 2.45) is 0 Å². The van der Waals surface area contributed by atoms with Crippen molar-refractivity contribution in [3.63, 3.8) is 0 Å². The highest BCUT2D eigenvalue weighted by atomic mass is 79.9. The zero-order valence-corrected chi connectivity index (χ0v) is 9.33. The number of nitrogens with one attached hydrogen (secondary N) is 1. The molecule has 0 spiro atoms. The molecule has 1 aromatic carbocycles. The average Bonchev–Trinajstić information content (AvgIpc) is 1.83. The molecule has 0 radical (unpaired) electrons. The molecule has 1 rings (SSSR count). The van der Waals surface area contributed by atoms with Crippen molar-refractivity contribution in [2.75, 3.05) is 6.26 Å². The Labute approximate surface area is 81.1 Å². The van der Waals surface area contributed by atoms with Gasteiger partial charge in [-0.1, -0.05) is 6.07 Å². The Morgan fingerprint density at radius 2 is 2.08 bits per heavy atom. The van der Waals surface area contributed by atoms with Gasteiger partial charge in [-0.2, -0.15) is 0 Å². The molecule has 0 aromatic heterocycles. The van der Waals surface area contributed by atoms with Crippen LogP contribution in [0.3, 0.4) is 0 Å². The van der Waals surface area contributed by atoms with E-state index >= 15 is 0 Å². The van der Waals surface area contributed by atoms with Crippen molar-refractivity contribution < 1.29 is 4.21 Å². The van der Waals surface area contributed by atoms with E-state index in [9.17, 15) is 4.21 Å². The lowest BCUT2D eigenvalue weighted by Crippen LogP contribution is -1.95. The minimum absolute atomic E-state index is 0.563. The summed E-state index contributed by atoms with van der Waals surface area (Å²) in [6.45, 7) is 1.95. The Bertz CT molecular complexity index is 398. The maximum atomic E-state index is 11.4. The molecule has 0 bridgehead atoms. The van der Waals surface area contributed by atoms with Crippen molar-refractivity contribution in [3.05, 3.63) is 28.2 Å². The van der Waals surface area contributed by atoms with Crippen LogP contribution in [0.2, 0.25) is 0 Å².